The van der Waals surface area contributed by atoms with Crippen LogP contribution in [0.4, 0.5) is 0 Å². The molecule has 5 nitrogen and oxygen atoms in total. The fraction of sp³-hybridized carbons (Fsp3) is 0.500. The Kier molecular flexibility index (Phi) is 5.71. The van der Waals surface area contributed by atoms with Gasteiger partial charge in [0.15, 0.2) is 0 Å². The van der Waals surface area contributed by atoms with E-state index in [0.717, 1.165) is 5.56 Å². The van der Waals surface area contributed by atoms with Gasteiger partial charge in [-0.1, -0.05) is 26.0 Å². The smallest absolute Gasteiger partial charge is 0.323 e. The third-order valence-corrected chi connectivity index (χ3v) is 4.39. The number of carbonyl (C=O) groups excluding carboxylic acids is 1. The van der Waals surface area contributed by atoms with Crippen molar-refractivity contribution >= 4 is 16.0 Å². The molecule has 1 atom stereocenters. The van der Waals surface area contributed by atoms with Crippen molar-refractivity contribution in [3.63, 3.8) is 0 Å². The first kappa shape index (κ1) is 16.7. The Morgan fingerprint density at radius 1 is 1.20 bits per heavy atom. The molecule has 0 heterocycles. The predicted molar refractivity (Wildman–Crippen MR) is 76.9 cm³/mol. The zero-order valence-corrected chi connectivity index (χ0v) is 13.0. The summed E-state index contributed by atoms with van der Waals surface area (Å²) in [6, 6.07) is 5.71. The van der Waals surface area contributed by atoms with Crippen LogP contribution in [-0.4, -0.2) is 27.0 Å². The van der Waals surface area contributed by atoms with Crippen LogP contribution >= 0.6 is 0 Å². The van der Waals surface area contributed by atoms with Crippen LogP contribution in [0.2, 0.25) is 0 Å². The van der Waals surface area contributed by atoms with Gasteiger partial charge in [0, 0.05) is 0 Å². The lowest BCUT2D eigenvalue weighted by Crippen LogP contribution is -2.39. The predicted octanol–water partition coefficient (Wildman–Crippen LogP) is 2.04. The molecule has 1 unspecified atom stereocenters. The van der Waals surface area contributed by atoms with Crippen LogP contribution in [0.15, 0.2) is 29.2 Å². The summed E-state index contributed by atoms with van der Waals surface area (Å²) in [5.74, 6) is -0.256. The zero-order chi connectivity index (χ0) is 15.3. The summed E-state index contributed by atoms with van der Waals surface area (Å²) in [7, 11) is -3.72. The highest BCUT2D eigenvalue weighted by Crippen LogP contribution is 2.17. The molecule has 1 N–H and O–H groups in total. The van der Waals surface area contributed by atoms with Gasteiger partial charge < -0.3 is 4.74 Å². The molecule has 0 bridgehead atoms. The number of rotatable bonds is 6. The molecule has 0 spiro atoms. The van der Waals surface area contributed by atoms with Gasteiger partial charge in [0.1, 0.15) is 6.04 Å². The highest BCUT2D eigenvalue weighted by molar-refractivity contribution is 7.89. The summed E-state index contributed by atoms with van der Waals surface area (Å²) in [5.41, 5.74) is 1.06. The monoisotopic (exact) mass is 299 g/mol. The maximum atomic E-state index is 12.1. The second kappa shape index (κ2) is 6.85. The van der Waals surface area contributed by atoms with E-state index in [1.165, 1.54) is 19.1 Å². The van der Waals surface area contributed by atoms with Crippen molar-refractivity contribution in [2.45, 2.75) is 44.6 Å². The molecule has 20 heavy (non-hydrogen) atoms. The van der Waals surface area contributed by atoms with E-state index in [4.69, 9.17) is 4.74 Å². The molecular formula is C14H21NO4S. The van der Waals surface area contributed by atoms with Crippen LogP contribution in [0.5, 0.6) is 0 Å². The van der Waals surface area contributed by atoms with Gasteiger partial charge in [-0.15, -0.1) is 0 Å². The highest BCUT2D eigenvalue weighted by Gasteiger charge is 2.22. The normalized spacial score (nSPS) is 13.2. The number of benzene rings is 1. The SMILES string of the molecule is CCOC(=O)C(C)NS(=O)(=O)c1ccc(C(C)C)cc1. The number of nitrogens with one attached hydrogen (secondary N) is 1. The van der Waals surface area contributed by atoms with Gasteiger partial charge in [-0.25, -0.2) is 8.42 Å². The van der Waals surface area contributed by atoms with E-state index < -0.39 is 22.0 Å². The summed E-state index contributed by atoms with van der Waals surface area (Å²) in [6.45, 7) is 7.41. The molecule has 6 heteroatoms. The molecule has 0 saturated heterocycles. The first-order valence-electron chi connectivity index (χ1n) is 6.57. The molecule has 0 aliphatic heterocycles. The van der Waals surface area contributed by atoms with Crippen molar-refractivity contribution in [1.82, 2.24) is 4.72 Å². The van der Waals surface area contributed by atoms with E-state index in [2.05, 4.69) is 4.72 Å². The summed E-state index contributed by atoms with van der Waals surface area (Å²) < 4.78 is 31.3. The molecule has 0 amide bonds. The molecule has 0 aromatic heterocycles. The Labute approximate surface area is 120 Å². The summed E-state index contributed by atoms with van der Waals surface area (Å²) in [6.07, 6.45) is 0. The lowest BCUT2D eigenvalue weighted by molar-refractivity contribution is -0.144. The molecule has 0 saturated carbocycles. The van der Waals surface area contributed by atoms with E-state index in [1.54, 1.807) is 19.1 Å². The van der Waals surface area contributed by atoms with Gasteiger partial charge in [0.25, 0.3) is 0 Å². The number of hydrogen-bond acceptors (Lipinski definition) is 4. The van der Waals surface area contributed by atoms with Crippen LogP contribution < -0.4 is 4.72 Å². The lowest BCUT2D eigenvalue weighted by atomic mass is 10.0. The maximum Gasteiger partial charge on any atom is 0.323 e. The topological polar surface area (TPSA) is 72.5 Å². The molecule has 1 aromatic carbocycles. The van der Waals surface area contributed by atoms with E-state index in [-0.39, 0.29) is 11.5 Å². The van der Waals surface area contributed by atoms with Crippen molar-refractivity contribution in [2.75, 3.05) is 6.61 Å². The van der Waals surface area contributed by atoms with Gasteiger partial charge in [-0.05, 0) is 37.5 Å². The first-order valence-corrected chi connectivity index (χ1v) is 8.05. The van der Waals surface area contributed by atoms with E-state index >= 15 is 0 Å². The third-order valence-electron chi connectivity index (χ3n) is 2.83. The molecule has 0 aliphatic carbocycles. The molecule has 112 valence electrons. The van der Waals surface area contributed by atoms with E-state index in [1.807, 2.05) is 13.8 Å². The van der Waals surface area contributed by atoms with Crippen molar-refractivity contribution < 1.29 is 17.9 Å². The lowest BCUT2D eigenvalue weighted by Gasteiger charge is -2.13. The molecule has 1 rings (SSSR count). The Bertz CT molecular complexity index is 549. The molecule has 0 radical (unpaired) electrons. The molecule has 1 aromatic rings. The number of sulfonamides is 1. The first-order chi connectivity index (χ1) is 9.27. The minimum absolute atomic E-state index is 0.137. The van der Waals surface area contributed by atoms with Crippen LogP contribution in [-0.2, 0) is 19.6 Å². The van der Waals surface area contributed by atoms with E-state index in [0.29, 0.717) is 5.92 Å². The number of carbonyl (C=O) groups is 1. The second-order valence-corrected chi connectivity index (χ2v) is 6.53. The Balaban J connectivity index is 2.86. The molecular weight excluding hydrogens is 278 g/mol. The summed E-state index contributed by atoms with van der Waals surface area (Å²) in [4.78, 5) is 11.6. The number of esters is 1. The second-order valence-electron chi connectivity index (χ2n) is 4.82. The highest BCUT2D eigenvalue weighted by atomic mass is 32.2. The quantitative estimate of drug-likeness (QED) is 0.816. The van der Waals surface area contributed by atoms with Gasteiger partial charge in [0.2, 0.25) is 10.0 Å². The number of ether oxygens (including phenoxy) is 1. The van der Waals surface area contributed by atoms with Gasteiger partial charge in [-0.3, -0.25) is 4.79 Å². The van der Waals surface area contributed by atoms with Gasteiger partial charge in [-0.2, -0.15) is 4.72 Å². The van der Waals surface area contributed by atoms with Crippen LogP contribution in [0, 0.1) is 0 Å². The Morgan fingerprint density at radius 2 is 1.75 bits per heavy atom. The van der Waals surface area contributed by atoms with Gasteiger partial charge >= 0.3 is 5.97 Å². The number of hydrogen-bond donors (Lipinski definition) is 1. The Hall–Kier alpha value is -1.40. The summed E-state index contributed by atoms with van der Waals surface area (Å²) >= 11 is 0. The van der Waals surface area contributed by atoms with Crippen LogP contribution in [0.25, 0.3) is 0 Å². The Morgan fingerprint density at radius 3 is 2.20 bits per heavy atom. The van der Waals surface area contributed by atoms with Crippen molar-refractivity contribution in [2.24, 2.45) is 0 Å². The fourth-order valence-corrected chi connectivity index (χ4v) is 2.84. The minimum Gasteiger partial charge on any atom is -0.465 e. The average Bonchev–Trinajstić information content (AvgIpc) is 2.38. The molecule has 0 fully saturated rings. The standard InChI is InChI=1S/C14H21NO4S/c1-5-19-14(16)11(4)15-20(17,18)13-8-6-12(7-9-13)10(2)3/h6-11,15H,5H2,1-4H3. The van der Waals surface area contributed by atoms with Crippen LogP contribution in [0.1, 0.15) is 39.2 Å². The van der Waals surface area contributed by atoms with Crippen molar-refractivity contribution in [3.05, 3.63) is 29.8 Å². The fourth-order valence-electron chi connectivity index (χ4n) is 1.65. The van der Waals surface area contributed by atoms with Crippen LogP contribution in [0.3, 0.4) is 0 Å². The molecule has 0 aliphatic rings. The minimum atomic E-state index is -3.72. The third kappa shape index (κ3) is 4.31. The average molecular weight is 299 g/mol. The largest absolute Gasteiger partial charge is 0.465 e. The van der Waals surface area contributed by atoms with Gasteiger partial charge in [0.05, 0.1) is 11.5 Å². The zero-order valence-electron chi connectivity index (χ0n) is 12.2. The van der Waals surface area contributed by atoms with Crippen molar-refractivity contribution in [3.8, 4) is 0 Å². The van der Waals surface area contributed by atoms with Crippen molar-refractivity contribution in [1.29, 1.82) is 0 Å². The van der Waals surface area contributed by atoms with E-state index in [9.17, 15) is 13.2 Å². The summed E-state index contributed by atoms with van der Waals surface area (Å²) in [5, 5.41) is 0. The maximum absolute atomic E-state index is 12.1.